The zero-order chi connectivity index (χ0) is 28.5. The molecule has 4 aliphatic rings. The van der Waals surface area contributed by atoms with E-state index in [-0.39, 0.29) is 37.0 Å². The van der Waals surface area contributed by atoms with Crippen LogP contribution in [0.15, 0.2) is 24.8 Å². The fourth-order valence-electron chi connectivity index (χ4n) is 8.11. The van der Waals surface area contributed by atoms with Gasteiger partial charge < -0.3 is 24.3 Å². The third-order valence-corrected chi connectivity index (χ3v) is 10.8. The van der Waals surface area contributed by atoms with Crippen LogP contribution in [0.5, 0.6) is 5.75 Å². The summed E-state index contributed by atoms with van der Waals surface area (Å²) in [6, 6.07) is 2.50. The molecule has 10 heteroatoms. The van der Waals surface area contributed by atoms with E-state index in [2.05, 4.69) is 6.58 Å². The molecule has 9 atom stereocenters. The summed E-state index contributed by atoms with van der Waals surface area (Å²) in [6.45, 7) is 11.1. The maximum absolute atomic E-state index is 15.2. The highest BCUT2D eigenvalue weighted by molar-refractivity contribution is 6.61. The maximum Gasteiger partial charge on any atom is 0.491 e. The number of fused-ring (bicyclic) bond motifs is 1. The van der Waals surface area contributed by atoms with Gasteiger partial charge >= 0.3 is 13.1 Å². The first-order valence-electron chi connectivity index (χ1n) is 13.7. The van der Waals surface area contributed by atoms with Crippen molar-refractivity contribution >= 4 is 24.3 Å². The highest BCUT2D eigenvalue weighted by Gasteiger charge is 2.70. The number of carbonyl (C=O) groups is 2. The summed E-state index contributed by atoms with van der Waals surface area (Å²) in [5.74, 6) is -3.36. The van der Waals surface area contributed by atoms with Gasteiger partial charge in [-0.1, -0.05) is 33.8 Å². The Morgan fingerprint density at radius 2 is 2.03 bits per heavy atom. The molecule has 3 saturated carbocycles. The average Bonchev–Trinajstić information content (AvgIpc) is 3.39. The second kappa shape index (κ2) is 9.66. The van der Waals surface area contributed by atoms with Gasteiger partial charge in [0.25, 0.3) is 0 Å². The Kier molecular flexibility index (Phi) is 7.00. The van der Waals surface area contributed by atoms with E-state index < -0.39 is 71.8 Å². The number of benzene rings is 1. The Bertz CT molecular complexity index is 1190. The fourth-order valence-corrected chi connectivity index (χ4v) is 8.11. The van der Waals surface area contributed by atoms with Gasteiger partial charge in [-0.3, -0.25) is 4.79 Å². The third kappa shape index (κ3) is 4.16. The minimum Gasteiger partial charge on any atom is -0.479 e. The van der Waals surface area contributed by atoms with Crippen molar-refractivity contribution in [3.63, 3.8) is 0 Å². The number of hydrogen-bond donors (Lipinski definition) is 2. The molecule has 1 aromatic rings. The number of Topliss-reactive ketones (excluding diaryl/α,β-unsaturated/α-hetero) is 1. The summed E-state index contributed by atoms with van der Waals surface area (Å²) in [5.41, 5.74) is -1.67. The first-order chi connectivity index (χ1) is 18.3. The summed E-state index contributed by atoms with van der Waals surface area (Å²) < 4.78 is 46.4. The van der Waals surface area contributed by atoms with Crippen molar-refractivity contribution in [2.75, 3.05) is 6.61 Å². The summed E-state index contributed by atoms with van der Waals surface area (Å²) in [5, 5.41) is 21.5. The molecule has 39 heavy (non-hydrogen) atoms. The van der Waals surface area contributed by atoms with E-state index in [1.165, 1.54) is 12.1 Å². The van der Waals surface area contributed by atoms with Crippen LogP contribution >= 0.6 is 0 Å². The maximum atomic E-state index is 15.2. The molecular weight excluding hydrogens is 509 g/mol. The normalized spacial score (nSPS) is 41.3. The van der Waals surface area contributed by atoms with E-state index in [0.717, 1.165) is 0 Å². The average molecular weight is 546 g/mol. The Hall–Kier alpha value is -2.30. The number of hydrogen-bond acceptors (Lipinski definition) is 7. The summed E-state index contributed by atoms with van der Waals surface area (Å²) in [7, 11) is -1.20. The van der Waals surface area contributed by atoms with Crippen molar-refractivity contribution in [3.8, 4) is 5.75 Å². The van der Waals surface area contributed by atoms with Gasteiger partial charge in [-0.25, -0.2) is 13.6 Å². The first-order valence-corrected chi connectivity index (χ1v) is 13.7. The number of rotatable bonds is 5. The molecule has 3 aliphatic carbocycles. The van der Waals surface area contributed by atoms with Crippen molar-refractivity contribution in [3.05, 3.63) is 36.2 Å². The minimum absolute atomic E-state index is 0.0429. The van der Waals surface area contributed by atoms with Gasteiger partial charge in [-0.2, -0.15) is 0 Å². The van der Waals surface area contributed by atoms with Crippen LogP contribution in [-0.2, 0) is 25.6 Å². The number of carbonyl (C=O) groups excluding carboxylic acids is 2. The van der Waals surface area contributed by atoms with E-state index in [4.69, 9.17) is 14.1 Å². The Morgan fingerprint density at radius 1 is 1.31 bits per heavy atom. The van der Waals surface area contributed by atoms with Crippen LogP contribution in [0.2, 0.25) is 0 Å². The SMILES string of the molecule is C=C[C@]1(C)C[C@@H](OC(=O)COc2cc3c(cc2F)COB3O)[C@]2(C)[C@H](C)CC[C@]3(C[C@H](F)C(=O)[C@H]32)[C@@H](C)[C@@H]1O. The number of esters is 1. The van der Waals surface area contributed by atoms with Crippen LogP contribution in [0.3, 0.4) is 0 Å². The van der Waals surface area contributed by atoms with Crippen LogP contribution in [-0.4, -0.2) is 54.0 Å². The predicted octanol–water partition coefficient (Wildman–Crippen LogP) is 3.28. The van der Waals surface area contributed by atoms with Crippen LogP contribution in [0, 0.1) is 39.8 Å². The Morgan fingerprint density at radius 3 is 2.72 bits per heavy atom. The summed E-state index contributed by atoms with van der Waals surface area (Å²) in [6.07, 6.45) is -0.239. The monoisotopic (exact) mass is 546 g/mol. The number of alkyl halides is 1. The molecule has 0 aromatic heterocycles. The van der Waals surface area contributed by atoms with Gasteiger partial charge in [0.05, 0.1) is 12.7 Å². The molecular formula is C29H37BF2O7. The molecule has 1 aromatic carbocycles. The number of aliphatic hydroxyl groups is 1. The molecule has 2 N–H and O–H groups in total. The lowest BCUT2D eigenvalue weighted by atomic mass is 9.44. The number of ketones is 1. The molecule has 0 spiro atoms. The van der Waals surface area contributed by atoms with Gasteiger partial charge in [0.1, 0.15) is 6.10 Å². The molecule has 0 radical (unpaired) electrons. The summed E-state index contributed by atoms with van der Waals surface area (Å²) in [4.78, 5) is 26.6. The van der Waals surface area contributed by atoms with Crippen molar-refractivity contribution in [1.82, 2.24) is 0 Å². The molecule has 5 rings (SSSR count). The van der Waals surface area contributed by atoms with Crippen molar-refractivity contribution in [2.45, 2.75) is 78.4 Å². The molecule has 0 amide bonds. The lowest BCUT2D eigenvalue weighted by molar-refractivity contribution is -0.207. The van der Waals surface area contributed by atoms with Crippen LogP contribution in [0.1, 0.15) is 58.9 Å². The molecule has 0 unspecified atom stereocenters. The van der Waals surface area contributed by atoms with Gasteiger partial charge in [0.2, 0.25) is 0 Å². The van der Waals surface area contributed by atoms with Crippen molar-refractivity contribution in [2.24, 2.45) is 34.0 Å². The largest absolute Gasteiger partial charge is 0.491 e. The van der Waals surface area contributed by atoms with E-state index >= 15 is 4.39 Å². The lowest BCUT2D eigenvalue weighted by Crippen LogP contribution is -2.63. The quantitative estimate of drug-likeness (QED) is 0.332. The standard InChI is InChI=1S/C29H37BF2O7/c1-6-27(4)12-22(39-23(33)14-37-21-10-18-17(9-19(21)31)13-38-30(18)36)28(5)15(2)7-8-29(16(3)26(27)35)11-20(32)24(34)25(28)29/h6,9-10,15-16,20,22,25-26,35-36H,1,7-8,11-14H2,2-5H3/t15-,16+,20+,22-,25+,26+,27-,28+,29+/m1/s1. The summed E-state index contributed by atoms with van der Waals surface area (Å²) >= 11 is 0. The van der Waals surface area contributed by atoms with E-state index in [1.807, 2.05) is 27.7 Å². The van der Waals surface area contributed by atoms with Crippen molar-refractivity contribution < 1.29 is 42.6 Å². The van der Waals surface area contributed by atoms with Crippen LogP contribution in [0.25, 0.3) is 0 Å². The second-order valence-corrected chi connectivity index (χ2v) is 12.6. The Balaban J connectivity index is 1.46. The molecule has 2 bridgehead atoms. The van der Waals surface area contributed by atoms with Crippen LogP contribution in [0.4, 0.5) is 8.78 Å². The molecule has 3 fully saturated rings. The molecule has 1 aliphatic heterocycles. The highest BCUT2D eigenvalue weighted by atomic mass is 19.1. The molecule has 212 valence electrons. The number of aliphatic hydroxyl groups excluding tert-OH is 1. The molecule has 0 saturated heterocycles. The van der Waals surface area contributed by atoms with Gasteiger partial charge in [0.15, 0.2) is 30.1 Å². The van der Waals surface area contributed by atoms with Gasteiger partial charge in [0, 0.05) is 16.7 Å². The molecule has 7 nitrogen and oxygen atoms in total. The minimum atomic E-state index is -1.64. The topological polar surface area (TPSA) is 102 Å². The fraction of sp³-hybridized carbons (Fsp3) is 0.655. The van der Waals surface area contributed by atoms with E-state index in [1.54, 1.807) is 6.08 Å². The molecule has 1 heterocycles. The van der Waals surface area contributed by atoms with Crippen LogP contribution < -0.4 is 10.2 Å². The van der Waals surface area contributed by atoms with Crippen molar-refractivity contribution in [1.29, 1.82) is 0 Å². The van der Waals surface area contributed by atoms with Gasteiger partial charge in [-0.15, -0.1) is 6.58 Å². The zero-order valence-corrected chi connectivity index (χ0v) is 22.9. The zero-order valence-electron chi connectivity index (χ0n) is 22.9. The third-order valence-electron chi connectivity index (χ3n) is 10.8. The Labute approximate surface area is 228 Å². The van der Waals surface area contributed by atoms with E-state index in [9.17, 15) is 24.1 Å². The number of halogens is 2. The predicted molar refractivity (Wildman–Crippen MR) is 139 cm³/mol. The smallest absolute Gasteiger partial charge is 0.479 e. The van der Waals surface area contributed by atoms with Gasteiger partial charge in [-0.05, 0) is 66.1 Å². The second-order valence-electron chi connectivity index (χ2n) is 12.6. The van der Waals surface area contributed by atoms with E-state index in [0.29, 0.717) is 23.9 Å². The highest BCUT2D eigenvalue weighted by Crippen LogP contribution is 2.68. The first kappa shape index (κ1) is 28.2. The number of ether oxygens (including phenoxy) is 2. The lowest BCUT2D eigenvalue weighted by Gasteiger charge is -2.61.